The third-order valence-electron chi connectivity index (χ3n) is 4.97. The van der Waals surface area contributed by atoms with Crippen molar-refractivity contribution in [3.8, 4) is 11.4 Å². The van der Waals surface area contributed by atoms with Crippen LogP contribution in [0.25, 0.3) is 21.5 Å². The highest BCUT2D eigenvalue weighted by Gasteiger charge is 2.30. The second kappa shape index (κ2) is 9.43. The molecule has 4 aromatic rings. The van der Waals surface area contributed by atoms with E-state index < -0.39 is 28.4 Å². The number of benzene rings is 2. The van der Waals surface area contributed by atoms with E-state index in [1.54, 1.807) is 24.3 Å². The fourth-order valence-corrected chi connectivity index (χ4v) is 6.68. The van der Waals surface area contributed by atoms with Crippen LogP contribution in [0.5, 0.6) is 0 Å². The Kier molecular flexibility index (Phi) is 6.74. The Morgan fingerprint density at radius 2 is 1.79 bits per heavy atom. The lowest BCUT2D eigenvalue weighted by Crippen LogP contribution is -2.31. The van der Waals surface area contributed by atoms with Gasteiger partial charge in [0.15, 0.2) is 5.82 Å². The van der Waals surface area contributed by atoms with Crippen molar-refractivity contribution in [2.75, 3.05) is 10.8 Å². The normalized spacial score (nSPS) is 12.4. The van der Waals surface area contributed by atoms with Crippen molar-refractivity contribution in [1.82, 2.24) is 10.1 Å². The van der Waals surface area contributed by atoms with E-state index >= 15 is 0 Å². The van der Waals surface area contributed by atoms with Crippen molar-refractivity contribution in [1.29, 1.82) is 0 Å². The Hall–Kier alpha value is -2.83. The first-order chi connectivity index (χ1) is 16.1. The maximum absolute atomic E-state index is 13.6. The molecule has 2 heterocycles. The van der Waals surface area contributed by atoms with Gasteiger partial charge in [0, 0.05) is 28.6 Å². The van der Waals surface area contributed by atoms with Crippen molar-refractivity contribution in [3.63, 3.8) is 0 Å². The molecule has 0 radical (unpaired) electrons. The quantitative estimate of drug-likeness (QED) is 0.289. The van der Waals surface area contributed by atoms with Crippen LogP contribution in [0.1, 0.15) is 19.3 Å². The van der Waals surface area contributed by atoms with E-state index in [0.29, 0.717) is 10.9 Å². The molecule has 0 spiro atoms. The zero-order valence-corrected chi connectivity index (χ0v) is 19.7. The minimum absolute atomic E-state index is 0.0123. The Labute approximate surface area is 200 Å². The van der Waals surface area contributed by atoms with Gasteiger partial charge in [-0.25, -0.2) is 13.2 Å². The topological polar surface area (TPSA) is 96.3 Å². The van der Waals surface area contributed by atoms with E-state index in [2.05, 4.69) is 14.7 Å². The van der Waals surface area contributed by atoms with Gasteiger partial charge in [-0.15, -0.1) is 11.3 Å². The van der Waals surface area contributed by atoms with Crippen LogP contribution in [0.2, 0.25) is 5.02 Å². The van der Waals surface area contributed by atoms with Gasteiger partial charge in [0.2, 0.25) is 0 Å². The molecule has 0 saturated heterocycles. The van der Waals surface area contributed by atoms with Crippen molar-refractivity contribution in [2.45, 2.75) is 30.3 Å². The number of fused-ring (bicyclic) bond motifs is 1. The molecule has 2 aromatic carbocycles. The predicted octanol–water partition coefficient (Wildman–Crippen LogP) is 5.83. The van der Waals surface area contributed by atoms with E-state index in [0.717, 1.165) is 20.3 Å². The fourth-order valence-electron chi connectivity index (χ4n) is 3.34. The first-order valence-corrected chi connectivity index (χ1v) is 12.6. The van der Waals surface area contributed by atoms with Crippen LogP contribution >= 0.6 is 22.9 Å². The number of nitrogens with zero attached hydrogens (tertiary/aromatic N) is 2. The van der Waals surface area contributed by atoms with Gasteiger partial charge in [-0.1, -0.05) is 35.0 Å². The van der Waals surface area contributed by atoms with Crippen LogP contribution in [-0.4, -0.2) is 31.3 Å². The Balaban J connectivity index is 1.69. The van der Waals surface area contributed by atoms with Crippen LogP contribution in [0.15, 0.2) is 62.7 Å². The van der Waals surface area contributed by atoms with E-state index in [1.165, 1.54) is 24.3 Å². The van der Waals surface area contributed by atoms with Crippen LogP contribution in [-0.2, 0) is 10.0 Å². The Bertz CT molecular complexity index is 1460. The number of H-pyrrole nitrogens is 1. The molecule has 1 N–H and O–H groups in total. The highest BCUT2D eigenvalue weighted by molar-refractivity contribution is 7.93. The molecule has 13 heteroatoms. The number of aromatic nitrogens is 2. The van der Waals surface area contributed by atoms with E-state index in [9.17, 15) is 26.4 Å². The minimum atomic E-state index is -4.32. The summed E-state index contributed by atoms with van der Waals surface area (Å²) in [7, 11) is -4.17. The summed E-state index contributed by atoms with van der Waals surface area (Å²) in [5.41, 5.74) is 0.418. The largest absolute Gasteiger partial charge is 0.439 e. The fraction of sp³-hybridized carbons (Fsp3) is 0.238. The number of aromatic amines is 1. The molecule has 0 aliphatic rings. The van der Waals surface area contributed by atoms with Gasteiger partial charge in [0.05, 0.1) is 9.92 Å². The highest BCUT2D eigenvalue weighted by atomic mass is 35.5. The lowest BCUT2D eigenvalue weighted by Gasteiger charge is -2.23. The van der Waals surface area contributed by atoms with Crippen molar-refractivity contribution < 1.29 is 26.1 Å². The summed E-state index contributed by atoms with van der Waals surface area (Å²) >= 11 is 7.66. The predicted molar refractivity (Wildman–Crippen MR) is 124 cm³/mol. The molecule has 0 aliphatic carbocycles. The standard InChI is InChI=1S/C21H17ClF3N3O4S2/c22-17-15-5-1-2-6-16(15)33-19(17)28(12-4-3-11-21(23,24)25)34(30,31)14-9-7-13(8-10-14)18-26-20(29)32-27-18/h1-2,5-10H,3-4,11-12H2,(H,26,27,29). The average Bonchev–Trinajstić information content (AvgIpc) is 3.36. The van der Waals surface area contributed by atoms with Crippen molar-refractivity contribution in [3.05, 3.63) is 64.1 Å². The molecular weight excluding hydrogens is 515 g/mol. The summed E-state index contributed by atoms with van der Waals surface area (Å²) in [4.78, 5) is 13.4. The molecule has 0 amide bonds. The van der Waals surface area contributed by atoms with Gasteiger partial charge in [0.25, 0.3) is 10.0 Å². The molecule has 2 aromatic heterocycles. The van der Waals surface area contributed by atoms with Crippen molar-refractivity contribution in [2.24, 2.45) is 0 Å². The molecular formula is C21H17ClF3N3O4S2. The summed E-state index contributed by atoms with van der Waals surface area (Å²) in [6.45, 7) is -0.177. The Morgan fingerprint density at radius 3 is 2.41 bits per heavy atom. The molecule has 0 atom stereocenters. The second-order valence-electron chi connectivity index (χ2n) is 7.33. The van der Waals surface area contributed by atoms with Crippen LogP contribution in [0, 0.1) is 0 Å². The number of hydrogen-bond donors (Lipinski definition) is 1. The summed E-state index contributed by atoms with van der Waals surface area (Å²) < 4.78 is 71.2. The Morgan fingerprint density at radius 1 is 1.09 bits per heavy atom. The second-order valence-corrected chi connectivity index (χ2v) is 10.6. The number of alkyl halides is 3. The highest BCUT2D eigenvalue weighted by Crippen LogP contribution is 2.44. The zero-order valence-electron chi connectivity index (χ0n) is 17.3. The average molecular weight is 532 g/mol. The van der Waals surface area contributed by atoms with Crippen molar-refractivity contribution >= 4 is 48.0 Å². The van der Waals surface area contributed by atoms with Gasteiger partial charge in [0.1, 0.15) is 5.00 Å². The lowest BCUT2D eigenvalue weighted by molar-refractivity contribution is -0.135. The van der Waals surface area contributed by atoms with Gasteiger partial charge >= 0.3 is 11.9 Å². The van der Waals surface area contributed by atoms with E-state index in [4.69, 9.17) is 11.6 Å². The van der Waals surface area contributed by atoms with Gasteiger partial charge in [-0.05, 0) is 43.2 Å². The summed E-state index contributed by atoms with van der Waals surface area (Å²) in [5, 5.41) is 4.67. The van der Waals surface area contributed by atoms with Gasteiger partial charge < -0.3 is 0 Å². The molecule has 0 fully saturated rings. The molecule has 4 rings (SSSR count). The van der Waals surface area contributed by atoms with Crippen LogP contribution in [0.3, 0.4) is 0 Å². The SMILES string of the molecule is O=c1[nH]c(-c2ccc(S(=O)(=O)N(CCCCC(F)(F)F)c3sc4ccccc4c3Cl)cc2)no1. The van der Waals surface area contributed by atoms with E-state index in [1.807, 2.05) is 0 Å². The monoisotopic (exact) mass is 531 g/mol. The smallest absolute Gasteiger partial charge is 0.296 e. The maximum Gasteiger partial charge on any atom is 0.439 e. The summed E-state index contributed by atoms with van der Waals surface area (Å²) in [6.07, 6.45) is -5.57. The first-order valence-electron chi connectivity index (χ1n) is 9.99. The van der Waals surface area contributed by atoms with E-state index in [-0.39, 0.29) is 40.1 Å². The number of hydrogen-bond acceptors (Lipinski definition) is 6. The van der Waals surface area contributed by atoms with Crippen LogP contribution in [0.4, 0.5) is 18.2 Å². The first kappa shape index (κ1) is 24.3. The molecule has 0 bridgehead atoms. The molecule has 0 aliphatic heterocycles. The number of nitrogens with one attached hydrogen (secondary N) is 1. The summed E-state index contributed by atoms with van der Waals surface area (Å²) in [6, 6.07) is 12.6. The number of thiophene rings is 1. The third kappa shape index (κ3) is 5.13. The number of sulfonamides is 1. The molecule has 7 nitrogen and oxygen atoms in total. The minimum Gasteiger partial charge on any atom is -0.296 e. The molecule has 0 unspecified atom stereocenters. The third-order valence-corrected chi connectivity index (χ3v) is 8.59. The van der Waals surface area contributed by atoms with Crippen LogP contribution < -0.4 is 10.1 Å². The molecule has 34 heavy (non-hydrogen) atoms. The van der Waals surface area contributed by atoms with Gasteiger partial charge in [-0.2, -0.15) is 13.2 Å². The summed E-state index contributed by atoms with van der Waals surface area (Å²) in [5.74, 6) is -0.623. The zero-order chi connectivity index (χ0) is 24.5. The number of anilines is 1. The maximum atomic E-state index is 13.6. The molecule has 180 valence electrons. The number of rotatable bonds is 8. The lowest BCUT2D eigenvalue weighted by atomic mass is 10.2. The molecule has 0 saturated carbocycles. The number of halogens is 4. The number of unbranched alkanes of at least 4 members (excludes halogenated alkanes) is 1. The van der Waals surface area contributed by atoms with Gasteiger partial charge in [-0.3, -0.25) is 13.8 Å².